The van der Waals surface area contributed by atoms with Crippen LogP contribution in [0.2, 0.25) is 0 Å². The molecule has 0 fully saturated rings. The molecule has 0 atom stereocenters. The maximum Gasteiger partial charge on any atom is 0.194 e. The van der Waals surface area contributed by atoms with Crippen LogP contribution < -0.4 is 4.90 Å². The van der Waals surface area contributed by atoms with Gasteiger partial charge in [0.05, 0.1) is 5.69 Å². The number of hydrogen-bond acceptors (Lipinski definition) is 1. The molecule has 9 aromatic rings. The van der Waals surface area contributed by atoms with Crippen molar-refractivity contribution in [2.75, 3.05) is 4.90 Å². The molecular formula is C46H32F3N. The Morgan fingerprint density at radius 3 is 1.46 bits per heavy atom. The summed E-state index contributed by atoms with van der Waals surface area (Å²) in [4.78, 5) is 2.31. The van der Waals surface area contributed by atoms with Crippen LogP contribution in [-0.2, 0) is 5.41 Å². The fourth-order valence-electron chi connectivity index (χ4n) is 7.74. The third kappa shape index (κ3) is 4.63. The van der Waals surface area contributed by atoms with Gasteiger partial charge in [0, 0.05) is 22.1 Å². The van der Waals surface area contributed by atoms with Crippen molar-refractivity contribution < 1.29 is 13.2 Å². The molecule has 0 radical (unpaired) electrons. The quantitative estimate of drug-likeness (QED) is 0.104. The Kier molecular flexibility index (Phi) is 6.69. The largest absolute Gasteiger partial charge is 0.309 e. The molecule has 9 aromatic carbocycles. The van der Waals surface area contributed by atoms with Gasteiger partial charge in [0.1, 0.15) is 0 Å². The van der Waals surface area contributed by atoms with E-state index in [1.807, 2.05) is 36.4 Å². The van der Waals surface area contributed by atoms with Gasteiger partial charge in [0.2, 0.25) is 0 Å². The maximum atomic E-state index is 14.8. The number of hydrogen-bond donors (Lipinski definition) is 0. The van der Waals surface area contributed by atoms with Crippen molar-refractivity contribution in [3.05, 3.63) is 163 Å². The molecule has 0 amide bonds. The highest BCUT2D eigenvalue weighted by Gasteiger charge is 2.25. The van der Waals surface area contributed by atoms with Gasteiger partial charge in [-0.05, 0) is 102 Å². The predicted molar refractivity (Wildman–Crippen MR) is 204 cm³/mol. The van der Waals surface area contributed by atoms with E-state index in [-0.39, 0.29) is 11.0 Å². The number of nitrogens with zero attached hydrogens (tertiary/aromatic N) is 1. The van der Waals surface area contributed by atoms with Crippen LogP contribution in [0.3, 0.4) is 0 Å². The van der Waals surface area contributed by atoms with E-state index in [2.05, 4.69) is 117 Å². The summed E-state index contributed by atoms with van der Waals surface area (Å²) < 4.78 is 43.7. The average molecular weight is 656 g/mol. The second kappa shape index (κ2) is 11.1. The van der Waals surface area contributed by atoms with Crippen LogP contribution in [-0.4, -0.2) is 0 Å². The third-order valence-electron chi connectivity index (χ3n) is 10.1. The molecular weight excluding hydrogens is 624 g/mol. The molecule has 0 aromatic heterocycles. The molecule has 0 bridgehead atoms. The molecule has 0 heterocycles. The highest BCUT2D eigenvalue weighted by atomic mass is 19.2. The summed E-state index contributed by atoms with van der Waals surface area (Å²) in [5, 5.41) is 10.6. The van der Waals surface area contributed by atoms with Crippen molar-refractivity contribution in [3.8, 4) is 11.1 Å². The maximum absolute atomic E-state index is 14.8. The van der Waals surface area contributed by atoms with Crippen LogP contribution in [0.25, 0.3) is 65.0 Å². The molecule has 0 spiro atoms. The first-order valence-corrected chi connectivity index (χ1v) is 16.8. The van der Waals surface area contributed by atoms with Crippen molar-refractivity contribution >= 4 is 70.9 Å². The number of benzene rings is 9. The van der Waals surface area contributed by atoms with Crippen molar-refractivity contribution in [1.29, 1.82) is 0 Å². The smallest absolute Gasteiger partial charge is 0.194 e. The van der Waals surface area contributed by atoms with Gasteiger partial charge >= 0.3 is 0 Å². The van der Waals surface area contributed by atoms with Crippen LogP contribution >= 0.6 is 0 Å². The van der Waals surface area contributed by atoms with Gasteiger partial charge in [-0.2, -0.15) is 0 Å². The average Bonchev–Trinajstić information content (AvgIpc) is 3.12. The second-order valence-corrected chi connectivity index (χ2v) is 14.2. The van der Waals surface area contributed by atoms with Gasteiger partial charge in [0.15, 0.2) is 17.5 Å². The van der Waals surface area contributed by atoms with E-state index < -0.39 is 17.5 Å². The van der Waals surface area contributed by atoms with Gasteiger partial charge in [-0.3, -0.25) is 0 Å². The Hall–Kier alpha value is -5.87. The van der Waals surface area contributed by atoms with E-state index in [4.69, 9.17) is 0 Å². The molecule has 50 heavy (non-hydrogen) atoms. The Bertz CT molecular complexity index is 2630. The lowest BCUT2D eigenvalue weighted by Gasteiger charge is -2.31. The zero-order chi connectivity index (χ0) is 34.3. The van der Waals surface area contributed by atoms with Crippen molar-refractivity contribution in [1.82, 2.24) is 0 Å². The summed E-state index contributed by atoms with van der Waals surface area (Å²) in [5.74, 6) is -3.91. The lowest BCUT2D eigenvalue weighted by molar-refractivity contribution is 0.448. The molecule has 0 aliphatic carbocycles. The Balaban J connectivity index is 1.40. The normalized spacial score (nSPS) is 12.2. The molecule has 9 rings (SSSR count). The van der Waals surface area contributed by atoms with Crippen molar-refractivity contribution in [2.24, 2.45) is 0 Å². The zero-order valence-corrected chi connectivity index (χ0v) is 27.9. The van der Waals surface area contributed by atoms with E-state index in [0.29, 0.717) is 5.56 Å². The zero-order valence-electron chi connectivity index (χ0n) is 27.9. The number of anilines is 3. The fourth-order valence-corrected chi connectivity index (χ4v) is 7.74. The lowest BCUT2D eigenvalue weighted by Crippen LogP contribution is -2.14. The van der Waals surface area contributed by atoms with Gasteiger partial charge in [-0.25, -0.2) is 13.2 Å². The topological polar surface area (TPSA) is 3.24 Å². The summed E-state index contributed by atoms with van der Waals surface area (Å²) in [6.45, 7) is 6.62. The first-order valence-electron chi connectivity index (χ1n) is 16.8. The standard InChI is InChI=1S/C46H32F3N/c1-46(2,3)32-19-21-33(22-20-32)50(34-23-29-17-15-27-9-8-10-28-16-18-30(24-34)42(29)41(27)28)45-37-13-6-4-11-35(37)43(36-12-5-7-14-38(36)45)31-25-39(47)44(49)40(48)26-31/h4-26H,1-3H3. The minimum absolute atomic E-state index is 0.0270. The molecule has 0 saturated carbocycles. The summed E-state index contributed by atoms with van der Waals surface area (Å²) in [6.07, 6.45) is 0. The van der Waals surface area contributed by atoms with Crippen molar-refractivity contribution in [2.45, 2.75) is 26.2 Å². The van der Waals surface area contributed by atoms with E-state index in [1.165, 1.54) is 27.1 Å². The number of rotatable bonds is 4. The predicted octanol–water partition coefficient (Wildman–Crippen LogP) is 13.7. The molecule has 242 valence electrons. The highest BCUT2D eigenvalue weighted by molar-refractivity contribution is 6.25. The minimum atomic E-state index is -1.47. The Labute approximate surface area is 288 Å². The first-order chi connectivity index (χ1) is 24.2. The monoisotopic (exact) mass is 655 g/mol. The minimum Gasteiger partial charge on any atom is -0.309 e. The van der Waals surface area contributed by atoms with Gasteiger partial charge in [-0.1, -0.05) is 124 Å². The van der Waals surface area contributed by atoms with E-state index in [9.17, 15) is 13.2 Å². The second-order valence-electron chi connectivity index (χ2n) is 14.2. The van der Waals surface area contributed by atoms with Gasteiger partial charge in [-0.15, -0.1) is 0 Å². The van der Waals surface area contributed by atoms with Gasteiger partial charge < -0.3 is 4.90 Å². The Morgan fingerprint density at radius 2 is 0.940 bits per heavy atom. The number of halogens is 3. The van der Waals surface area contributed by atoms with Crippen LogP contribution in [0.4, 0.5) is 30.2 Å². The molecule has 4 heteroatoms. The first kappa shape index (κ1) is 30.2. The van der Waals surface area contributed by atoms with Crippen LogP contribution in [0, 0.1) is 17.5 Å². The summed E-state index contributed by atoms with van der Waals surface area (Å²) >= 11 is 0. The number of fused-ring (bicyclic) bond motifs is 2. The summed E-state index contributed by atoms with van der Waals surface area (Å²) in [6, 6.07) is 46.5. The van der Waals surface area contributed by atoms with Crippen LogP contribution in [0.15, 0.2) is 140 Å². The van der Waals surface area contributed by atoms with E-state index >= 15 is 0 Å². The van der Waals surface area contributed by atoms with Crippen molar-refractivity contribution in [3.63, 3.8) is 0 Å². The van der Waals surface area contributed by atoms with Gasteiger partial charge in [0.25, 0.3) is 0 Å². The third-order valence-corrected chi connectivity index (χ3v) is 10.1. The summed E-state index contributed by atoms with van der Waals surface area (Å²) in [5.41, 5.74) is 5.04. The lowest BCUT2D eigenvalue weighted by atomic mass is 9.86. The molecule has 0 unspecified atom stereocenters. The highest BCUT2D eigenvalue weighted by Crippen LogP contribution is 2.49. The molecule has 0 saturated heterocycles. The van der Waals surface area contributed by atoms with E-state index in [0.717, 1.165) is 61.5 Å². The van der Waals surface area contributed by atoms with E-state index in [1.54, 1.807) is 0 Å². The van der Waals surface area contributed by atoms with Crippen LogP contribution in [0.1, 0.15) is 26.3 Å². The van der Waals surface area contributed by atoms with Crippen LogP contribution in [0.5, 0.6) is 0 Å². The molecule has 0 N–H and O–H groups in total. The molecule has 0 aliphatic rings. The molecule has 1 nitrogen and oxygen atoms in total. The summed E-state index contributed by atoms with van der Waals surface area (Å²) in [7, 11) is 0. The SMILES string of the molecule is CC(C)(C)c1ccc(N(c2cc3ccc4cccc5ccc(c2)c3c45)c2c3ccccc3c(-c3cc(F)c(F)c(F)c3)c3ccccc23)cc1. The fraction of sp³-hybridized carbons (Fsp3) is 0.0870. The molecule has 0 aliphatic heterocycles. The Morgan fingerprint density at radius 1 is 0.460 bits per heavy atom.